The highest BCUT2D eigenvalue weighted by Crippen LogP contribution is 2.24. The van der Waals surface area contributed by atoms with Gasteiger partial charge in [0.15, 0.2) is 5.96 Å². The van der Waals surface area contributed by atoms with Gasteiger partial charge in [0.05, 0.1) is 6.61 Å². The third kappa shape index (κ3) is 20.3. The molecule has 0 aliphatic carbocycles. The van der Waals surface area contributed by atoms with Gasteiger partial charge in [-0.1, -0.05) is 113 Å². The Morgan fingerprint density at radius 3 is 1.70 bits per heavy atom. The summed E-state index contributed by atoms with van der Waals surface area (Å²) in [4.78, 5) is 141. The Morgan fingerprint density at radius 1 is 0.624 bits per heavy atom. The fraction of sp³-hybridized carbons (Fsp3) is 0.433. The molecule has 1 aliphatic rings. The van der Waals surface area contributed by atoms with Crippen molar-refractivity contribution in [2.45, 2.75) is 147 Å². The molecule has 0 unspecified atom stereocenters. The quantitative estimate of drug-likeness (QED) is 0.0160. The van der Waals surface area contributed by atoms with Gasteiger partial charge in [-0.25, -0.2) is 4.79 Å². The number of hydrogen-bond acceptors (Lipinski definition) is 13. The van der Waals surface area contributed by atoms with Gasteiger partial charge < -0.3 is 83.8 Å². The first-order chi connectivity index (χ1) is 44.7. The van der Waals surface area contributed by atoms with Crippen molar-refractivity contribution >= 4 is 81.1 Å². The number of H-pyrrole nitrogens is 2. The standard InChI is InChI=1S/C67H88N14O12/c1-6-40(5)57(80-67(92)93-38-42-17-9-8-10-18-42)64(90)78-54(34-44-36-73-49-22-14-12-20-47(44)49)61(87)79-55(37-82)62(88)76-52(32-41-25-27-45(83)28-26-41)59(85)77-53(33-43-35-72-48-21-13-11-19-46(43)48)60(86)75-51(31-39(3)4)58(84)74-50(23-15-29-71-66(68)69)65(91)81-30-16-24-56(81)63(89)70-7-2/h8-14,17-22,25-28,35-36,39-40,50-57,72-73,82-83H,6-7,15-16,23-24,29-34,37-38H2,1-5H3,(H,70,89)(H,74,84)(H,75,86)(H,76,88)(H,77,85)(H,78,90)(H,79,87)(H,80,92)(H4,68,69,71)/t40-,50-,51-,52-,53+,54-,55-,56-,57-/m0/s1. The van der Waals surface area contributed by atoms with Crippen molar-refractivity contribution in [1.29, 1.82) is 0 Å². The average Bonchev–Trinajstić information content (AvgIpc) is 1.80. The number of aliphatic hydroxyl groups is 1. The van der Waals surface area contributed by atoms with Crippen LogP contribution in [-0.2, 0) is 69.0 Å². The van der Waals surface area contributed by atoms with Crippen LogP contribution >= 0.6 is 0 Å². The number of carbonyl (C=O) groups excluding carboxylic acids is 9. The van der Waals surface area contributed by atoms with E-state index >= 15 is 9.59 Å². The average molecular weight is 1280 g/mol. The number of rotatable bonds is 33. The van der Waals surface area contributed by atoms with E-state index in [0.29, 0.717) is 48.1 Å². The van der Waals surface area contributed by atoms with Crippen molar-refractivity contribution < 1.29 is 58.1 Å². The van der Waals surface area contributed by atoms with E-state index in [1.165, 1.54) is 29.2 Å². The molecule has 1 fully saturated rings. The minimum Gasteiger partial charge on any atom is -0.508 e. The summed E-state index contributed by atoms with van der Waals surface area (Å²) in [6.07, 6.45) is 3.78. The predicted molar refractivity (Wildman–Crippen MR) is 350 cm³/mol. The number of para-hydroxylation sites is 2. The number of aliphatic hydroxyl groups excluding tert-OH is 1. The Balaban J connectivity index is 1.15. The third-order valence-electron chi connectivity index (χ3n) is 16.4. The van der Waals surface area contributed by atoms with E-state index in [1.54, 1.807) is 62.6 Å². The number of likely N-dealkylation sites (N-methyl/N-ethyl adjacent to an activating group) is 1. The highest BCUT2D eigenvalue weighted by molar-refractivity contribution is 5.99. The molecule has 0 saturated carbocycles. The fourth-order valence-electron chi connectivity index (χ4n) is 11.2. The summed E-state index contributed by atoms with van der Waals surface area (Å²) in [5.41, 5.74) is 15.0. The molecule has 0 radical (unpaired) electrons. The molecule has 1 aliphatic heterocycles. The second kappa shape index (κ2) is 34.4. The van der Waals surface area contributed by atoms with Gasteiger partial charge in [0.25, 0.3) is 0 Å². The number of alkyl carbamates (subject to hydrolysis) is 1. The van der Waals surface area contributed by atoms with Crippen LogP contribution in [0.15, 0.2) is 121 Å². The summed E-state index contributed by atoms with van der Waals surface area (Å²) in [6.45, 7) is 8.71. The summed E-state index contributed by atoms with van der Waals surface area (Å²) in [5.74, 6) is -6.85. The Morgan fingerprint density at radius 2 is 1.14 bits per heavy atom. The SMILES string of the molecule is CCNC(=O)[C@@H]1CCCN1C(=O)[C@H](CCCN=C(N)N)NC(=O)[C@H](CC(C)C)NC(=O)[C@@H](Cc1c[nH]c2ccccc12)NC(=O)[C@H](Cc1ccc(O)cc1)NC(=O)[C@H](CO)NC(=O)[C@H](Cc1c[nH]c2ccccc12)NC(=O)[C@@H](NC(=O)OCc1ccccc1)[C@@H](C)CC. The lowest BCUT2D eigenvalue weighted by Crippen LogP contribution is -2.61. The van der Waals surface area contributed by atoms with E-state index in [4.69, 9.17) is 16.2 Å². The molecule has 26 nitrogen and oxygen atoms in total. The number of guanidine groups is 1. The van der Waals surface area contributed by atoms with Crippen LogP contribution in [0.1, 0.15) is 95.4 Å². The second-order valence-corrected chi connectivity index (χ2v) is 23.8. The van der Waals surface area contributed by atoms with E-state index in [9.17, 15) is 43.8 Å². The van der Waals surface area contributed by atoms with Crippen molar-refractivity contribution in [3.63, 3.8) is 0 Å². The van der Waals surface area contributed by atoms with Crippen LogP contribution in [0.5, 0.6) is 5.75 Å². The summed E-state index contributed by atoms with van der Waals surface area (Å²) in [6, 6.07) is 18.7. The lowest BCUT2D eigenvalue weighted by Gasteiger charge is -2.30. The molecule has 26 heteroatoms. The first-order valence-corrected chi connectivity index (χ1v) is 31.6. The van der Waals surface area contributed by atoms with Crippen molar-refractivity contribution in [3.8, 4) is 5.75 Å². The number of ether oxygens (including phenoxy) is 1. The van der Waals surface area contributed by atoms with Crippen LogP contribution in [0, 0.1) is 11.8 Å². The smallest absolute Gasteiger partial charge is 0.408 e. The molecule has 0 bridgehead atoms. The number of aromatic amines is 2. The van der Waals surface area contributed by atoms with Crippen molar-refractivity contribution in [2.24, 2.45) is 28.3 Å². The van der Waals surface area contributed by atoms with Crippen LogP contribution in [-0.4, -0.2) is 159 Å². The number of aromatic nitrogens is 2. The number of nitrogens with two attached hydrogens (primary N) is 2. The maximum Gasteiger partial charge on any atom is 0.408 e. The zero-order chi connectivity index (χ0) is 67.1. The first kappa shape index (κ1) is 70.5. The summed E-state index contributed by atoms with van der Waals surface area (Å²) in [7, 11) is 0. The molecule has 16 N–H and O–H groups in total. The minimum absolute atomic E-state index is 0.0732. The van der Waals surface area contributed by atoms with Crippen LogP contribution in [0.2, 0.25) is 0 Å². The Labute approximate surface area is 540 Å². The number of phenols is 1. The topological polar surface area (TPSA) is 399 Å². The largest absolute Gasteiger partial charge is 0.508 e. The van der Waals surface area contributed by atoms with Gasteiger partial charge in [0.2, 0.25) is 47.3 Å². The number of benzene rings is 4. The van der Waals surface area contributed by atoms with Crippen molar-refractivity contribution in [1.82, 2.24) is 57.4 Å². The number of aromatic hydroxyl groups is 1. The van der Waals surface area contributed by atoms with Gasteiger partial charge >= 0.3 is 6.09 Å². The number of likely N-dealkylation sites (tertiary alicyclic amines) is 1. The van der Waals surface area contributed by atoms with E-state index in [2.05, 4.69) is 57.5 Å². The lowest BCUT2D eigenvalue weighted by molar-refractivity contribution is -0.142. The number of fused-ring (bicyclic) bond motifs is 2. The molecule has 0 spiro atoms. The number of aliphatic imine (C=N–C) groups is 1. The van der Waals surface area contributed by atoms with E-state index in [1.807, 2.05) is 63.2 Å². The van der Waals surface area contributed by atoms with Gasteiger partial charge in [-0.05, 0) is 97.4 Å². The van der Waals surface area contributed by atoms with Gasteiger partial charge in [0.1, 0.15) is 60.7 Å². The minimum atomic E-state index is -1.75. The van der Waals surface area contributed by atoms with E-state index in [-0.39, 0.29) is 81.8 Å². The molecule has 3 heterocycles. The molecular weight excluding hydrogens is 1190 g/mol. The normalized spacial score (nSPS) is 15.5. The maximum absolute atomic E-state index is 15.1. The second-order valence-electron chi connectivity index (χ2n) is 23.8. The third-order valence-corrected chi connectivity index (χ3v) is 16.4. The van der Waals surface area contributed by atoms with Crippen molar-refractivity contribution in [3.05, 3.63) is 138 Å². The molecule has 4 aromatic carbocycles. The molecule has 93 heavy (non-hydrogen) atoms. The zero-order valence-electron chi connectivity index (χ0n) is 53.2. The monoisotopic (exact) mass is 1280 g/mol. The van der Waals surface area contributed by atoms with Gasteiger partial charge in [-0.3, -0.25) is 43.3 Å². The molecule has 9 atom stereocenters. The van der Waals surface area contributed by atoms with Crippen LogP contribution in [0.3, 0.4) is 0 Å². The van der Waals surface area contributed by atoms with Gasteiger partial charge in [-0.15, -0.1) is 0 Å². The van der Waals surface area contributed by atoms with Crippen LogP contribution in [0.25, 0.3) is 21.8 Å². The summed E-state index contributed by atoms with van der Waals surface area (Å²) < 4.78 is 5.45. The fourth-order valence-corrected chi connectivity index (χ4v) is 11.2. The number of carbonyl (C=O) groups is 9. The molecule has 1 saturated heterocycles. The molecule has 2 aromatic heterocycles. The highest BCUT2D eigenvalue weighted by Gasteiger charge is 2.40. The zero-order valence-corrected chi connectivity index (χ0v) is 53.2. The van der Waals surface area contributed by atoms with E-state index in [0.717, 1.165) is 21.8 Å². The summed E-state index contributed by atoms with van der Waals surface area (Å²) >= 11 is 0. The molecule has 7 rings (SSSR count). The molecular formula is C67H88N14O12. The predicted octanol–water partition coefficient (Wildman–Crippen LogP) is 2.85. The van der Waals surface area contributed by atoms with Gasteiger partial charge in [0, 0.05) is 73.1 Å². The molecule has 498 valence electrons. The lowest BCUT2D eigenvalue weighted by atomic mass is 9.97. The van der Waals surface area contributed by atoms with Crippen molar-refractivity contribution in [2.75, 3.05) is 26.2 Å². The number of nitrogens with one attached hydrogen (secondary N) is 10. The van der Waals surface area contributed by atoms with Crippen LogP contribution < -0.4 is 54.0 Å². The molecule has 6 aromatic rings. The highest BCUT2D eigenvalue weighted by atomic mass is 16.5. The summed E-state index contributed by atoms with van der Waals surface area (Å²) in [5, 5.41) is 44.6. The first-order valence-electron chi connectivity index (χ1n) is 31.6. The Bertz CT molecular complexity index is 3550. The van der Waals surface area contributed by atoms with Gasteiger partial charge in [-0.2, -0.15) is 0 Å². The van der Waals surface area contributed by atoms with Crippen LogP contribution in [0.4, 0.5) is 4.79 Å². The Kier molecular flexibility index (Phi) is 26.1. The number of hydrogen-bond donors (Lipinski definition) is 14. The Hall–Kier alpha value is -9.98. The maximum atomic E-state index is 15.1. The van der Waals surface area contributed by atoms with E-state index < -0.39 is 108 Å². The molecule has 9 amide bonds. The number of amides is 9. The number of phenolic OH excluding ortho intramolecular Hbond substituents is 1. The number of nitrogens with zero attached hydrogens (tertiary/aromatic N) is 2.